The Kier molecular flexibility index (Phi) is 6.14. The average Bonchev–Trinajstić information content (AvgIpc) is 2.54. The van der Waals surface area contributed by atoms with E-state index >= 15 is 0 Å². The lowest BCUT2D eigenvalue weighted by Crippen LogP contribution is -2.47. The van der Waals surface area contributed by atoms with E-state index in [9.17, 15) is 9.59 Å². The van der Waals surface area contributed by atoms with Crippen LogP contribution in [0.4, 0.5) is 5.69 Å². The summed E-state index contributed by atoms with van der Waals surface area (Å²) >= 11 is 5.45. The number of thiocarbonyl (C=S) groups is 1. The van der Waals surface area contributed by atoms with Crippen LogP contribution in [0.15, 0.2) is 35.5 Å². The van der Waals surface area contributed by atoms with E-state index in [0.717, 1.165) is 11.3 Å². The molecule has 1 atom stereocenters. The van der Waals surface area contributed by atoms with Gasteiger partial charge in [0.2, 0.25) is 5.91 Å². The Morgan fingerprint density at radius 2 is 2.08 bits per heavy atom. The summed E-state index contributed by atoms with van der Waals surface area (Å²) in [5.41, 5.74) is 2.79. The second-order valence-corrected chi connectivity index (χ2v) is 6.04. The van der Waals surface area contributed by atoms with E-state index in [-0.39, 0.29) is 11.9 Å². The van der Waals surface area contributed by atoms with E-state index in [1.165, 1.54) is 6.92 Å². The molecule has 1 aliphatic heterocycles. The number of carbonyl (C=O) groups excluding carboxylic acids is 2. The van der Waals surface area contributed by atoms with Crippen LogP contribution in [0.3, 0.4) is 0 Å². The lowest BCUT2D eigenvalue weighted by molar-refractivity contribution is -0.139. The van der Waals surface area contributed by atoms with Crippen molar-refractivity contribution >= 4 is 34.9 Å². The number of nitrogens with one attached hydrogen (secondary N) is 2. The molecule has 0 radical (unpaired) electrons. The van der Waals surface area contributed by atoms with E-state index < -0.39 is 6.04 Å². The van der Waals surface area contributed by atoms with Crippen LogP contribution in [0.5, 0.6) is 0 Å². The molecule has 1 aromatic carbocycles. The number of nitrogens with zero attached hydrogens (tertiary/aromatic N) is 1. The van der Waals surface area contributed by atoms with E-state index in [1.54, 1.807) is 13.0 Å². The number of hydrogen-bond donors (Lipinski definition) is 2. The third-order valence-electron chi connectivity index (χ3n) is 3.95. The molecule has 134 valence electrons. The van der Waals surface area contributed by atoms with Gasteiger partial charge >= 0.3 is 5.97 Å². The first-order chi connectivity index (χ1) is 11.9. The molecule has 6 nitrogen and oxygen atoms in total. The van der Waals surface area contributed by atoms with Crippen LogP contribution in [-0.2, 0) is 14.3 Å². The lowest BCUT2D eigenvalue weighted by Gasteiger charge is -2.37. The SMILES string of the molecule is CCOC(=O)C1=C(C)N(CC)C(=S)NC1c1cccc(NC(C)=O)c1. The average molecular weight is 361 g/mol. The fraction of sp³-hybridized carbons (Fsp3) is 0.389. The van der Waals surface area contributed by atoms with Crippen LogP contribution in [0.1, 0.15) is 39.3 Å². The van der Waals surface area contributed by atoms with Crippen LogP contribution in [0.2, 0.25) is 0 Å². The van der Waals surface area contributed by atoms with Crippen molar-refractivity contribution in [2.75, 3.05) is 18.5 Å². The molecular weight excluding hydrogens is 338 g/mol. The van der Waals surface area contributed by atoms with Gasteiger partial charge in [0.15, 0.2) is 5.11 Å². The van der Waals surface area contributed by atoms with Crippen molar-refractivity contribution in [1.82, 2.24) is 10.2 Å². The molecule has 0 aromatic heterocycles. The topological polar surface area (TPSA) is 70.7 Å². The Bertz CT molecular complexity index is 730. The van der Waals surface area contributed by atoms with Gasteiger partial charge in [-0.25, -0.2) is 4.79 Å². The number of rotatable bonds is 5. The van der Waals surface area contributed by atoms with Crippen molar-refractivity contribution in [2.45, 2.75) is 33.7 Å². The van der Waals surface area contributed by atoms with Gasteiger partial charge in [0.05, 0.1) is 18.2 Å². The molecule has 1 amide bonds. The van der Waals surface area contributed by atoms with Crippen molar-refractivity contribution in [2.24, 2.45) is 0 Å². The highest BCUT2D eigenvalue weighted by Gasteiger charge is 2.34. The number of carbonyl (C=O) groups is 2. The molecule has 25 heavy (non-hydrogen) atoms. The Morgan fingerprint density at radius 3 is 2.68 bits per heavy atom. The highest BCUT2D eigenvalue weighted by atomic mass is 32.1. The maximum atomic E-state index is 12.6. The largest absolute Gasteiger partial charge is 0.463 e. The minimum atomic E-state index is -0.428. The maximum Gasteiger partial charge on any atom is 0.338 e. The molecule has 2 N–H and O–H groups in total. The van der Waals surface area contributed by atoms with E-state index in [0.29, 0.717) is 29.5 Å². The molecular formula is C18H23N3O3S. The van der Waals surface area contributed by atoms with Crippen LogP contribution in [-0.4, -0.2) is 35.0 Å². The maximum absolute atomic E-state index is 12.6. The minimum absolute atomic E-state index is 0.154. The molecule has 0 aliphatic carbocycles. The smallest absolute Gasteiger partial charge is 0.338 e. The van der Waals surface area contributed by atoms with Gasteiger partial charge in [-0.15, -0.1) is 0 Å². The van der Waals surface area contributed by atoms with Gasteiger partial charge in [0, 0.05) is 24.9 Å². The Balaban J connectivity index is 2.50. The molecule has 7 heteroatoms. The third-order valence-corrected chi connectivity index (χ3v) is 4.29. The highest BCUT2D eigenvalue weighted by Crippen LogP contribution is 2.32. The van der Waals surface area contributed by atoms with Crippen molar-refractivity contribution in [3.8, 4) is 0 Å². The first-order valence-electron chi connectivity index (χ1n) is 8.22. The second-order valence-electron chi connectivity index (χ2n) is 5.65. The van der Waals surface area contributed by atoms with Gasteiger partial charge in [-0.2, -0.15) is 0 Å². The van der Waals surface area contributed by atoms with E-state index in [4.69, 9.17) is 17.0 Å². The Hall–Kier alpha value is -2.41. The van der Waals surface area contributed by atoms with Gasteiger partial charge < -0.3 is 20.3 Å². The first kappa shape index (κ1) is 18.9. The Morgan fingerprint density at radius 1 is 1.36 bits per heavy atom. The summed E-state index contributed by atoms with van der Waals surface area (Å²) in [6.45, 7) is 8.02. The fourth-order valence-electron chi connectivity index (χ4n) is 2.88. The highest BCUT2D eigenvalue weighted by molar-refractivity contribution is 7.80. The lowest BCUT2D eigenvalue weighted by atomic mass is 9.94. The molecule has 1 unspecified atom stereocenters. The van der Waals surface area contributed by atoms with Crippen LogP contribution in [0, 0.1) is 0 Å². The van der Waals surface area contributed by atoms with Gasteiger partial charge in [-0.1, -0.05) is 12.1 Å². The Labute approximate surface area is 153 Å². The number of ether oxygens (including phenoxy) is 1. The summed E-state index contributed by atoms with van der Waals surface area (Å²) in [7, 11) is 0. The third kappa shape index (κ3) is 4.17. The predicted octanol–water partition coefficient (Wildman–Crippen LogP) is 2.73. The normalized spacial score (nSPS) is 17.2. The molecule has 0 spiro atoms. The molecule has 1 aliphatic rings. The molecule has 1 heterocycles. The van der Waals surface area contributed by atoms with E-state index in [2.05, 4.69) is 10.6 Å². The summed E-state index contributed by atoms with van der Waals surface area (Å²) in [4.78, 5) is 25.7. The van der Waals surface area contributed by atoms with Crippen LogP contribution >= 0.6 is 12.2 Å². The van der Waals surface area contributed by atoms with Crippen molar-refractivity contribution in [3.05, 3.63) is 41.1 Å². The summed E-state index contributed by atoms with van der Waals surface area (Å²) in [6, 6.07) is 6.92. The summed E-state index contributed by atoms with van der Waals surface area (Å²) in [6.07, 6.45) is 0. The number of allylic oxidation sites excluding steroid dienone is 1. The van der Waals surface area contributed by atoms with Crippen molar-refractivity contribution < 1.29 is 14.3 Å². The number of anilines is 1. The van der Waals surface area contributed by atoms with Gasteiger partial charge in [0.1, 0.15) is 0 Å². The van der Waals surface area contributed by atoms with E-state index in [1.807, 2.05) is 36.9 Å². The quantitative estimate of drug-likeness (QED) is 0.621. The van der Waals surface area contributed by atoms with Gasteiger partial charge in [-0.3, -0.25) is 4.79 Å². The van der Waals surface area contributed by atoms with Crippen LogP contribution < -0.4 is 10.6 Å². The summed E-state index contributed by atoms with van der Waals surface area (Å²) in [5.74, 6) is -0.526. The second kappa shape index (κ2) is 8.11. The zero-order chi connectivity index (χ0) is 18.6. The monoisotopic (exact) mass is 361 g/mol. The standard InChI is InChI=1S/C18H23N3O3S/c1-5-21-11(3)15(17(23)24-6-2)16(20-18(21)25)13-8-7-9-14(10-13)19-12(4)22/h7-10,16H,5-6H2,1-4H3,(H,19,22)(H,20,25). The molecule has 0 bridgehead atoms. The predicted molar refractivity (Wildman–Crippen MR) is 101 cm³/mol. The zero-order valence-corrected chi connectivity index (χ0v) is 15.7. The molecule has 0 saturated heterocycles. The van der Waals surface area contributed by atoms with Gasteiger partial charge in [-0.05, 0) is 50.7 Å². The summed E-state index contributed by atoms with van der Waals surface area (Å²) < 4.78 is 5.25. The molecule has 0 saturated carbocycles. The number of amides is 1. The number of hydrogen-bond acceptors (Lipinski definition) is 4. The van der Waals surface area contributed by atoms with Crippen molar-refractivity contribution in [3.63, 3.8) is 0 Å². The van der Waals surface area contributed by atoms with Gasteiger partial charge in [0.25, 0.3) is 0 Å². The zero-order valence-electron chi connectivity index (χ0n) is 14.9. The first-order valence-corrected chi connectivity index (χ1v) is 8.63. The van der Waals surface area contributed by atoms with Crippen LogP contribution in [0.25, 0.3) is 0 Å². The number of benzene rings is 1. The molecule has 0 fully saturated rings. The number of esters is 1. The fourth-order valence-corrected chi connectivity index (χ4v) is 3.27. The minimum Gasteiger partial charge on any atom is -0.463 e. The molecule has 2 rings (SSSR count). The summed E-state index contributed by atoms with van der Waals surface area (Å²) in [5, 5.41) is 6.53. The van der Waals surface area contributed by atoms with Crippen molar-refractivity contribution in [1.29, 1.82) is 0 Å². The molecule has 1 aromatic rings.